The van der Waals surface area contributed by atoms with E-state index in [2.05, 4.69) is 52.2 Å². The molecule has 0 aliphatic heterocycles. The summed E-state index contributed by atoms with van der Waals surface area (Å²) in [5.41, 5.74) is 2.55. The van der Waals surface area contributed by atoms with E-state index in [0.29, 0.717) is 12.3 Å². The van der Waals surface area contributed by atoms with E-state index in [4.69, 9.17) is 4.74 Å². The van der Waals surface area contributed by atoms with Crippen LogP contribution in [0.4, 0.5) is 5.69 Å². The van der Waals surface area contributed by atoms with E-state index in [-0.39, 0.29) is 5.57 Å². The molecule has 4 aromatic carbocycles. The number of carbonyl (C=O) groups excluding carboxylic acids is 1. The first-order chi connectivity index (χ1) is 15.6. The van der Waals surface area contributed by atoms with Crippen LogP contribution in [0.1, 0.15) is 11.1 Å². The summed E-state index contributed by atoms with van der Waals surface area (Å²) in [4.78, 5) is 12.4. The summed E-state index contributed by atoms with van der Waals surface area (Å²) in [7, 11) is 0. The highest BCUT2D eigenvalue weighted by Crippen LogP contribution is 2.22. The number of carbonyl (C=O) groups is 1. The van der Waals surface area contributed by atoms with E-state index >= 15 is 0 Å². The number of amides is 1. The summed E-state index contributed by atoms with van der Waals surface area (Å²) >= 11 is 2.19. The highest BCUT2D eigenvalue weighted by molar-refractivity contribution is 14.1. The van der Waals surface area contributed by atoms with Gasteiger partial charge in [-0.3, -0.25) is 4.79 Å². The maximum absolute atomic E-state index is 12.4. The minimum absolute atomic E-state index is 0.0352. The number of hydrogen-bond acceptors (Lipinski definition) is 3. The third kappa shape index (κ3) is 5.34. The molecule has 1 N–H and O–H groups in total. The van der Waals surface area contributed by atoms with Gasteiger partial charge in [-0.05, 0) is 87.0 Å². The van der Waals surface area contributed by atoms with Crippen LogP contribution in [-0.2, 0) is 11.4 Å². The Morgan fingerprint density at radius 3 is 2.41 bits per heavy atom. The Kier molecular flexibility index (Phi) is 6.83. The third-order valence-electron chi connectivity index (χ3n) is 4.93. The van der Waals surface area contributed by atoms with E-state index < -0.39 is 5.91 Å². The monoisotopic (exact) mass is 530 g/mol. The molecular weight excluding hydrogens is 511 g/mol. The highest BCUT2D eigenvalue weighted by Gasteiger charge is 2.10. The van der Waals surface area contributed by atoms with E-state index in [9.17, 15) is 10.1 Å². The number of nitrogens with zero attached hydrogens (tertiary/aromatic N) is 1. The Morgan fingerprint density at radius 1 is 0.938 bits per heavy atom. The van der Waals surface area contributed by atoms with Crippen LogP contribution in [0.25, 0.3) is 16.8 Å². The standard InChI is InChI=1S/C27H19IN2O2/c28-23-10-12-24(13-11-23)30-27(31)22(17-29)16-19-8-14-25(15-9-19)32-18-21-6-3-5-20-4-1-2-7-26(20)21/h1-16H,18H2,(H,30,31). The molecule has 0 saturated carbocycles. The molecule has 0 bridgehead atoms. The first-order valence-electron chi connectivity index (χ1n) is 10.0. The molecule has 4 rings (SSSR count). The predicted octanol–water partition coefficient (Wildman–Crippen LogP) is 6.57. The van der Waals surface area contributed by atoms with E-state index in [1.54, 1.807) is 18.2 Å². The molecular formula is C27H19IN2O2. The summed E-state index contributed by atoms with van der Waals surface area (Å²) in [6.07, 6.45) is 1.57. The maximum atomic E-state index is 12.4. The topological polar surface area (TPSA) is 62.1 Å². The molecule has 0 aliphatic carbocycles. The van der Waals surface area contributed by atoms with Crippen molar-refractivity contribution in [3.05, 3.63) is 111 Å². The van der Waals surface area contributed by atoms with Crippen molar-refractivity contribution >= 4 is 51.0 Å². The number of anilines is 1. The lowest BCUT2D eigenvalue weighted by atomic mass is 10.1. The largest absolute Gasteiger partial charge is 0.489 e. The number of fused-ring (bicyclic) bond motifs is 1. The minimum Gasteiger partial charge on any atom is -0.489 e. The van der Waals surface area contributed by atoms with Crippen molar-refractivity contribution in [1.29, 1.82) is 5.26 Å². The SMILES string of the molecule is N#CC(=Cc1ccc(OCc2cccc3ccccc23)cc1)C(=O)Nc1ccc(I)cc1. The molecule has 0 saturated heterocycles. The average Bonchev–Trinajstić information content (AvgIpc) is 2.83. The lowest BCUT2D eigenvalue weighted by molar-refractivity contribution is -0.112. The summed E-state index contributed by atoms with van der Waals surface area (Å²) in [5.74, 6) is 0.280. The normalized spacial score (nSPS) is 11.1. The molecule has 5 heteroatoms. The zero-order valence-corrected chi connectivity index (χ0v) is 19.2. The first kappa shape index (κ1) is 21.6. The number of nitriles is 1. The van der Waals surface area contributed by atoms with Crippen molar-refractivity contribution in [1.82, 2.24) is 0 Å². The van der Waals surface area contributed by atoms with Gasteiger partial charge in [0.25, 0.3) is 5.91 Å². The van der Waals surface area contributed by atoms with Gasteiger partial charge < -0.3 is 10.1 Å². The maximum Gasteiger partial charge on any atom is 0.266 e. The van der Waals surface area contributed by atoms with E-state index in [1.807, 2.05) is 60.7 Å². The zero-order chi connectivity index (χ0) is 22.3. The fraction of sp³-hybridized carbons (Fsp3) is 0.0370. The van der Waals surface area contributed by atoms with Gasteiger partial charge in [-0.1, -0.05) is 54.6 Å². The fourth-order valence-electron chi connectivity index (χ4n) is 3.29. The van der Waals surface area contributed by atoms with Gasteiger partial charge in [-0.25, -0.2) is 0 Å². The average molecular weight is 530 g/mol. The van der Waals surface area contributed by atoms with Crippen LogP contribution >= 0.6 is 22.6 Å². The third-order valence-corrected chi connectivity index (χ3v) is 5.65. The molecule has 0 aromatic heterocycles. The van der Waals surface area contributed by atoms with Crippen molar-refractivity contribution in [2.24, 2.45) is 0 Å². The van der Waals surface area contributed by atoms with Crippen LogP contribution in [0.3, 0.4) is 0 Å². The lowest BCUT2D eigenvalue weighted by Crippen LogP contribution is -2.13. The van der Waals surface area contributed by atoms with Gasteiger partial charge in [0.2, 0.25) is 0 Å². The van der Waals surface area contributed by atoms with Gasteiger partial charge in [-0.15, -0.1) is 0 Å². The Balaban J connectivity index is 1.43. The predicted molar refractivity (Wildman–Crippen MR) is 136 cm³/mol. The summed E-state index contributed by atoms with van der Waals surface area (Å²) < 4.78 is 7.03. The van der Waals surface area contributed by atoms with Gasteiger partial charge in [-0.2, -0.15) is 5.26 Å². The van der Waals surface area contributed by atoms with Crippen molar-refractivity contribution < 1.29 is 9.53 Å². The molecule has 4 nitrogen and oxygen atoms in total. The molecule has 156 valence electrons. The Bertz CT molecular complexity index is 1320. The van der Waals surface area contributed by atoms with Crippen LogP contribution in [0.15, 0.2) is 96.6 Å². The van der Waals surface area contributed by atoms with Gasteiger partial charge >= 0.3 is 0 Å². The van der Waals surface area contributed by atoms with Crippen molar-refractivity contribution in [2.75, 3.05) is 5.32 Å². The molecule has 4 aromatic rings. The quantitative estimate of drug-likeness (QED) is 0.174. The van der Waals surface area contributed by atoms with Gasteiger partial charge in [0, 0.05) is 9.26 Å². The fourth-order valence-corrected chi connectivity index (χ4v) is 3.65. The molecule has 32 heavy (non-hydrogen) atoms. The van der Waals surface area contributed by atoms with Crippen LogP contribution in [-0.4, -0.2) is 5.91 Å². The highest BCUT2D eigenvalue weighted by atomic mass is 127. The molecule has 0 fully saturated rings. The van der Waals surface area contributed by atoms with Crippen molar-refractivity contribution in [3.63, 3.8) is 0 Å². The molecule has 0 radical (unpaired) electrons. The zero-order valence-electron chi connectivity index (χ0n) is 17.1. The number of halogens is 1. The molecule has 0 spiro atoms. The van der Waals surface area contributed by atoms with Crippen LogP contribution < -0.4 is 10.1 Å². The second kappa shape index (κ2) is 10.1. The van der Waals surface area contributed by atoms with Gasteiger partial charge in [0.1, 0.15) is 24.0 Å². The second-order valence-electron chi connectivity index (χ2n) is 7.13. The van der Waals surface area contributed by atoms with Crippen LogP contribution in [0.2, 0.25) is 0 Å². The van der Waals surface area contributed by atoms with E-state index in [1.165, 1.54) is 10.8 Å². The summed E-state index contributed by atoms with van der Waals surface area (Å²) in [6, 6.07) is 31.1. The van der Waals surface area contributed by atoms with Crippen molar-refractivity contribution in [2.45, 2.75) is 6.61 Å². The smallest absolute Gasteiger partial charge is 0.266 e. The lowest BCUT2D eigenvalue weighted by Gasteiger charge is -2.09. The molecule has 0 unspecified atom stereocenters. The number of rotatable bonds is 6. The first-order valence-corrected chi connectivity index (χ1v) is 11.1. The molecule has 0 atom stereocenters. The second-order valence-corrected chi connectivity index (χ2v) is 8.37. The Labute approximate surface area is 200 Å². The number of hydrogen-bond donors (Lipinski definition) is 1. The van der Waals surface area contributed by atoms with Crippen LogP contribution in [0.5, 0.6) is 5.75 Å². The summed E-state index contributed by atoms with van der Waals surface area (Å²) in [5, 5.41) is 14.5. The van der Waals surface area contributed by atoms with E-state index in [0.717, 1.165) is 20.4 Å². The summed E-state index contributed by atoms with van der Waals surface area (Å²) in [6.45, 7) is 0.457. The van der Waals surface area contributed by atoms with Gasteiger partial charge in [0.15, 0.2) is 0 Å². The van der Waals surface area contributed by atoms with Crippen molar-refractivity contribution in [3.8, 4) is 11.8 Å². The molecule has 1 amide bonds. The van der Waals surface area contributed by atoms with Crippen LogP contribution in [0, 0.1) is 14.9 Å². The molecule has 0 heterocycles. The number of ether oxygens (including phenoxy) is 1. The Hall–Kier alpha value is -3.63. The number of nitrogens with one attached hydrogen (secondary N) is 1. The number of benzene rings is 4. The minimum atomic E-state index is -0.440. The Morgan fingerprint density at radius 2 is 1.66 bits per heavy atom. The van der Waals surface area contributed by atoms with Gasteiger partial charge in [0.05, 0.1) is 0 Å². The molecule has 0 aliphatic rings.